The first-order valence-electron chi connectivity index (χ1n) is 8.21. The Balaban J connectivity index is 1.70. The maximum Gasteiger partial charge on any atom is 0.191 e. The molecule has 0 bridgehead atoms. The van der Waals surface area contributed by atoms with Crippen LogP contribution in [0.15, 0.2) is 72.4 Å². The summed E-state index contributed by atoms with van der Waals surface area (Å²) in [6.07, 6.45) is 3.56. The van der Waals surface area contributed by atoms with Crippen LogP contribution in [0.2, 0.25) is 0 Å². The Morgan fingerprint density at radius 2 is 1.76 bits per heavy atom. The van der Waals surface area contributed by atoms with Crippen molar-refractivity contribution in [2.45, 2.75) is 30.3 Å². The molecular weight excluding hydrogens is 333 g/mol. The summed E-state index contributed by atoms with van der Waals surface area (Å²) in [6, 6.07) is 17.1. The summed E-state index contributed by atoms with van der Waals surface area (Å²) in [5.41, 5.74) is 1.95. The summed E-state index contributed by atoms with van der Waals surface area (Å²) in [7, 11) is 0. The second-order valence-corrected chi connectivity index (χ2v) is 6.61. The van der Waals surface area contributed by atoms with E-state index in [9.17, 15) is 4.39 Å². The monoisotopic (exact) mass is 353 g/mol. The van der Waals surface area contributed by atoms with Gasteiger partial charge in [-0.05, 0) is 23.6 Å². The average molecular weight is 353 g/mol. The lowest BCUT2D eigenvalue weighted by molar-refractivity contribution is 0.617. The molecule has 0 aliphatic heterocycles. The maximum absolute atomic E-state index is 13.8. The molecule has 2 aromatic carbocycles. The lowest BCUT2D eigenvalue weighted by Crippen LogP contribution is -2.05. The van der Waals surface area contributed by atoms with E-state index in [4.69, 9.17) is 0 Å². The van der Waals surface area contributed by atoms with Crippen molar-refractivity contribution < 1.29 is 4.39 Å². The molecule has 0 atom stereocenters. The molecule has 128 valence electrons. The number of halogens is 1. The second kappa shape index (κ2) is 8.62. The maximum atomic E-state index is 13.8. The van der Waals surface area contributed by atoms with Crippen LogP contribution in [-0.2, 0) is 25.1 Å². The van der Waals surface area contributed by atoms with Gasteiger partial charge in [0.15, 0.2) is 5.16 Å². The third-order valence-electron chi connectivity index (χ3n) is 3.90. The van der Waals surface area contributed by atoms with Gasteiger partial charge in [0, 0.05) is 18.7 Å². The predicted molar refractivity (Wildman–Crippen MR) is 100 cm³/mol. The Kier molecular flexibility index (Phi) is 6.01. The number of nitrogens with zero attached hydrogens (tertiary/aromatic N) is 3. The Morgan fingerprint density at radius 1 is 1.00 bits per heavy atom. The van der Waals surface area contributed by atoms with Gasteiger partial charge in [-0.1, -0.05) is 66.4 Å². The molecule has 3 nitrogen and oxygen atoms in total. The number of aryl methyl sites for hydroxylation is 2. The van der Waals surface area contributed by atoms with E-state index in [0.29, 0.717) is 17.9 Å². The van der Waals surface area contributed by atoms with Gasteiger partial charge in [0.25, 0.3) is 0 Å². The minimum Gasteiger partial charge on any atom is -0.302 e. The first kappa shape index (κ1) is 17.4. The van der Waals surface area contributed by atoms with E-state index in [1.54, 1.807) is 12.1 Å². The lowest BCUT2D eigenvalue weighted by atomic mass is 10.1. The number of aromatic nitrogens is 3. The Labute approximate surface area is 151 Å². The Morgan fingerprint density at radius 3 is 2.52 bits per heavy atom. The van der Waals surface area contributed by atoms with Gasteiger partial charge in [-0.3, -0.25) is 0 Å². The fourth-order valence-corrected chi connectivity index (χ4v) is 3.53. The molecule has 0 N–H and O–H groups in total. The van der Waals surface area contributed by atoms with E-state index in [1.165, 1.54) is 23.4 Å². The van der Waals surface area contributed by atoms with Gasteiger partial charge in [0.05, 0.1) is 0 Å². The van der Waals surface area contributed by atoms with Crippen LogP contribution < -0.4 is 0 Å². The topological polar surface area (TPSA) is 30.7 Å². The molecule has 1 aromatic heterocycles. The van der Waals surface area contributed by atoms with Crippen molar-refractivity contribution in [2.75, 3.05) is 0 Å². The average Bonchev–Trinajstić information content (AvgIpc) is 3.02. The summed E-state index contributed by atoms with van der Waals surface area (Å²) in [5, 5.41) is 9.43. The summed E-state index contributed by atoms with van der Waals surface area (Å²) in [4.78, 5) is 0. The van der Waals surface area contributed by atoms with Crippen LogP contribution in [-0.4, -0.2) is 14.8 Å². The number of benzene rings is 2. The normalized spacial score (nSPS) is 10.8. The highest BCUT2D eigenvalue weighted by Crippen LogP contribution is 2.24. The van der Waals surface area contributed by atoms with E-state index in [-0.39, 0.29) is 5.82 Å². The number of hydrogen-bond acceptors (Lipinski definition) is 3. The molecule has 5 heteroatoms. The molecule has 3 aromatic rings. The second-order valence-electron chi connectivity index (χ2n) is 5.66. The highest BCUT2D eigenvalue weighted by molar-refractivity contribution is 7.98. The Bertz CT molecular complexity index is 830. The van der Waals surface area contributed by atoms with E-state index in [1.807, 2.05) is 30.3 Å². The van der Waals surface area contributed by atoms with Gasteiger partial charge in [-0.15, -0.1) is 16.8 Å². The van der Waals surface area contributed by atoms with Crippen molar-refractivity contribution in [3.8, 4) is 0 Å². The van der Waals surface area contributed by atoms with Crippen LogP contribution in [0.3, 0.4) is 0 Å². The van der Waals surface area contributed by atoms with Gasteiger partial charge in [-0.25, -0.2) is 4.39 Å². The molecule has 0 saturated heterocycles. The molecular formula is C20H20FN3S. The molecule has 0 unspecified atom stereocenters. The summed E-state index contributed by atoms with van der Waals surface area (Å²) < 4.78 is 15.8. The first-order chi connectivity index (χ1) is 12.3. The van der Waals surface area contributed by atoms with Crippen LogP contribution in [0.4, 0.5) is 4.39 Å². The van der Waals surface area contributed by atoms with Crippen molar-refractivity contribution in [1.82, 2.24) is 14.8 Å². The van der Waals surface area contributed by atoms with Crippen molar-refractivity contribution in [3.05, 3.63) is 90.0 Å². The number of allylic oxidation sites excluding steroid dienone is 1. The standard InChI is InChI=1S/C20H20FN3S/c1-2-14-24-19(13-12-16-8-4-3-5-9-16)22-23-20(24)25-15-17-10-6-7-11-18(17)21/h2-11H,1,12-15H2. The van der Waals surface area contributed by atoms with Gasteiger partial charge in [0.1, 0.15) is 11.6 Å². The fraction of sp³-hybridized carbons (Fsp3) is 0.200. The zero-order chi connectivity index (χ0) is 17.5. The van der Waals surface area contributed by atoms with Crippen LogP contribution in [0, 0.1) is 5.82 Å². The molecule has 0 aliphatic rings. The molecule has 0 radical (unpaired) electrons. The van der Waals surface area contributed by atoms with Crippen LogP contribution >= 0.6 is 11.8 Å². The number of thioether (sulfide) groups is 1. The first-order valence-corrected chi connectivity index (χ1v) is 9.19. The van der Waals surface area contributed by atoms with E-state index in [2.05, 4.69) is 33.5 Å². The summed E-state index contributed by atoms with van der Waals surface area (Å²) in [5.74, 6) is 1.27. The molecule has 0 spiro atoms. The third kappa shape index (κ3) is 4.57. The van der Waals surface area contributed by atoms with Gasteiger partial charge >= 0.3 is 0 Å². The highest BCUT2D eigenvalue weighted by atomic mass is 32.2. The molecule has 0 amide bonds. The fourth-order valence-electron chi connectivity index (χ4n) is 2.58. The lowest BCUT2D eigenvalue weighted by Gasteiger charge is -2.08. The minimum absolute atomic E-state index is 0.186. The molecule has 0 fully saturated rings. The quantitative estimate of drug-likeness (QED) is 0.435. The van der Waals surface area contributed by atoms with Gasteiger partial charge in [0.2, 0.25) is 0 Å². The molecule has 0 aliphatic carbocycles. The van der Waals surface area contributed by atoms with E-state index >= 15 is 0 Å². The number of hydrogen-bond donors (Lipinski definition) is 0. The minimum atomic E-state index is -0.186. The zero-order valence-electron chi connectivity index (χ0n) is 13.9. The van der Waals surface area contributed by atoms with Crippen molar-refractivity contribution >= 4 is 11.8 Å². The van der Waals surface area contributed by atoms with Crippen LogP contribution in [0.5, 0.6) is 0 Å². The van der Waals surface area contributed by atoms with Crippen LogP contribution in [0.1, 0.15) is 17.0 Å². The molecule has 1 heterocycles. The molecule has 0 saturated carbocycles. The van der Waals surface area contributed by atoms with Crippen molar-refractivity contribution in [2.24, 2.45) is 0 Å². The van der Waals surface area contributed by atoms with E-state index in [0.717, 1.165) is 23.8 Å². The molecule has 25 heavy (non-hydrogen) atoms. The Hall–Kier alpha value is -2.40. The van der Waals surface area contributed by atoms with E-state index < -0.39 is 0 Å². The highest BCUT2D eigenvalue weighted by Gasteiger charge is 2.13. The van der Waals surface area contributed by atoms with Gasteiger partial charge in [-0.2, -0.15) is 0 Å². The summed E-state index contributed by atoms with van der Waals surface area (Å²) >= 11 is 1.50. The van der Waals surface area contributed by atoms with Crippen molar-refractivity contribution in [3.63, 3.8) is 0 Å². The SMILES string of the molecule is C=CCn1c(CCc2ccccc2)nnc1SCc1ccccc1F. The van der Waals surface area contributed by atoms with Crippen LogP contribution in [0.25, 0.3) is 0 Å². The predicted octanol–water partition coefficient (Wildman–Crippen LogP) is 4.68. The summed E-state index contributed by atoms with van der Waals surface area (Å²) in [6.45, 7) is 4.47. The number of rotatable bonds is 8. The van der Waals surface area contributed by atoms with Gasteiger partial charge < -0.3 is 4.57 Å². The largest absolute Gasteiger partial charge is 0.302 e. The molecule has 3 rings (SSSR count). The zero-order valence-corrected chi connectivity index (χ0v) is 14.8. The smallest absolute Gasteiger partial charge is 0.191 e. The third-order valence-corrected chi connectivity index (χ3v) is 4.92. The van der Waals surface area contributed by atoms with Crippen molar-refractivity contribution in [1.29, 1.82) is 0 Å².